The summed E-state index contributed by atoms with van der Waals surface area (Å²) < 4.78 is 0. The zero-order valence-electron chi connectivity index (χ0n) is 16.6. The Kier molecular flexibility index (Phi) is 5.43. The van der Waals surface area contributed by atoms with E-state index in [4.69, 9.17) is 0 Å². The van der Waals surface area contributed by atoms with Gasteiger partial charge in [0.15, 0.2) is 0 Å². The van der Waals surface area contributed by atoms with Gasteiger partial charge in [0.05, 0.1) is 0 Å². The molecule has 0 nitrogen and oxygen atoms in total. The molecule has 0 fully saturated rings. The van der Waals surface area contributed by atoms with Crippen LogP contribution in [-0.2, 0) is 0 Å². The van der Waals surface area contributed by atoms with Crippen LogP contribution in [0.4, 0.5) is 0 Å². The van der Waals surface area contributed by atoms with Gasteiger partial charge in [0.25, 0.3) is 0 Å². The molecule has 0 rings (SSSR count). The van der Waals surface area contributed by atoms with Crippen LogP contribution in [-0.4, -0.2) is 0 Å². The van der Waals surface area contributed by atoms with Crippen molar-refractivity contribution in [3.05, 3.63) is 11.1 Å². The van der Waals surface area contributed by atoms with Gasteiger partial charge in [0.1, 0.15) is 0 Å². The van der Waals surface area contributed by atoms with E-state index in [9.17, 15) is 0 Å². The van der Waals surface area contributed by atoms with Crippen molar-refractivity contribution in [1.29, 1.82) is 0 Å². The molecule has 120 valence electrons. The van der Waals surface area contributed by atoms with Crippen LogP contribution in [0.3, 0.4) is 0 Å². The standard InChI is InChI=1S/C20H40/c1-14(2)16(5)18(8,9)20(12,13)19(10,11)17(6,7)15(3)4/h15H,1-13H3. The van der Waals surface area contributed by atoms with Gasteiger partial charge in [-0.3, -0.25) is 0 Å². The zero-order valence-corrected chi connectivity index (χ0v) is 16.6. The Hall–Kier alpha value is -0.260. The number of allylic oxidation sites excluding steroid dienone is 2. The number of hydrogen-bond acceptors (Lipinski definition) is 0. The molecular formula is C20H40. The second kappa shape index (κ2) is 5.50. The lowest BCUT2D eigenvalue weighted by atomic mass is 9.44. The summed E-state index contributed by atoms with van der Waals surface area (Å²) in [7, 11) is 0. The van der Waals surface area contributed by atoms with E-state index >= 15 is 0 Å². The van der Waals surface area contributed by atoms with Gasteiger partial charge < -0.3 is 0 Å². The number of rotatable bonds is 5. The molecule has 0 saturated carbocycles. The Balaban J connectivity index is 6.05. The Morgan fingerprint density at radius 1 is 0.650 bits per heavy atom. The zero-order chi connectivity index (χ0) is 16.7. The fraction of sp³-hybridized carbons (Fsp3) is 0.900. The lowest BCUT2D eigenvalue weighted by Gasteiger charge is -2.60. The van der Waals surface area contributed by atoms with Crippen molar-refractivity contribution in [3.8, 4) is 0 Å². The van der Waals surface area contributed by atoms with Crippen LogP contribution < -0.4 is 0 Å². The molecule has 0 aromatic heterocycles. The van der Waals surface area contributed by atoms with Gasteiger partial charge in [0.2, 0.25) is 0 Å². The van der Waals surface area contributed by atoms with Crippen LogP contribution in [0.1, 0.15) is 90.0 Å². The van der Waals surface area contributed by atoms with Gasteiger partial charge in [-0.2, -0.15) is 0 Å². The first-order valence-electron chi connectivity index (χ1n) is 8.19. The summed E-state index contributed by atoms with van der Waals surface area (Å²) in [5.41, 5.74) is 3.90. The molecule has 0 N–H and O–H groups in total. The van der Waals surface area contributed by atoms with Crippen LogP contribution in [0.5, 0.6) is 0 Å². The molecule has 0 spiro atoms. The molecule has 20 heavy (non-hydrogen) atoms. The van der Waals surface area contributed by atoms with E-state index in [2.05, 4.69) is 90.0 Å². The first-order valence-corrected chi connectivity index (χ1v) is 8.19. The maximum Gasteiger partial charge on any atom is -0.00885 e. The van der Waals surface area contributed by atoms with Crippen molar-refractivity contribution in [2.45, 2.75) is 90.0 Å². The summed E-state index contributed by atoms with van der Waals surface area (Å²) in [6.45, 7) is 31.1. The SMILES string of the molecule is CC(C)=C(C)C(C)(C)C(C)(C)C(C)(C)C(C)(C)C(C)C. The van der Waals surface area contributed by atoms with E-state index in [1.54, 1.807) is 0 Å². The molecule has 0 unspecified atom stereocenters. The Bertz CT molecular complexity index is 369. The largest absolute Gasteiger partial charge is 0.0769 e. The minimum absolute atomic E-state index is 0.182. The maximum atomic E-state index is 2.47. The highest BCUT2D eigenvalue weighted by Crippen LogP contribution is 2.63. The van der Waals surface area contributed by atoms with Crippen molar-refractivity contribution in [2.24, 2.45) is 27.6 Å². The first kappa shape index (κ1) is 19.7. The molecule has 0 aromatic rings. The summed E-state index contributed by atoms with van der Waals surface area (Å²) in [6.07, 6.45) is 0. The minimum atomic E-state index is 0.182. The monoisotopic (exact) mass is 280 g/mol. The quantitative estimate of drug-likeness (QED) is 0.471. The van der Waals surface area contributed by atoms with Crippen LogP contribution in [0, 0.1) is 27.6 Å². The van der Waals surface area contributed by atoms with Gasteiger partial charge in [-0.25, -0.2) is 0 Å². The predicted octanol–water partition coefficient (Wildman–Crippen LogP) is 7.10. The molecule has 0 amide bonds. The summed E-state index contributed by atoms with van der Waals surface area (Å²) in [4.78, 5) is 0. The molecule has 0 radical (unpaired) electrons. The second-order valence-electron chi connectivity index (χ2n) is 9.38. The third kappa shape index (κ3) is 2.72. The molecular weight excluding hydrogens is 240 g/mol. The lowest BCUT2D eigenvalue weighted by molar-refractivity contribution is -0.0998. The van der Waals surface area contributed by atoms with Gasteiger partial charge in [0, 0.05) is 0 Å². The normalized spacial score (nSPS) is 14.7. The fourth-order valence-electron chi connectivity index (χ4n) is 3.40. The van der Waals surface area contributed by atoms with Crippen molar-refractivity contribution in [1.82, 2.24) is 0 Å². The van der Waals surface area contributed by atoms with E-state index in [0.717, 1.165) is 0 Å². The Labute approximate surface area is 129 Å². The smallest absolute Gasteiger partial charge is 0.00885 e. The van der Waals surface area contributed by atoms with Crippen LogP contribution in [0.15, 0.2) is 11.1 Å². The van der Waals surface area contributed by atoms with E-state index in [1.807, 2.05) is 0 Å². The van der Waals surface area contributed by atoms with Gasteiger partial charge >= 0.3 is 0 Å². The van der Waals surface area contributed by atoms with Gasteiger partial charge in [-0.05, 0) is 48.3 Å². The van der Waals surface area contributed by atoms with Gasteiger partial charge in [-0.1, -0.05) is 80.4 Å². The van der Waals surface area contributed by atoms with E-state index in [1.165, 1.54) is 11.1 Å². The third-order valence-corrected chi connectivity index (χ3v) is 7.87. The molecule has 0 aliphatic carbocycles. The highest BCUT2D eigenvalue weighted by Gasteiger charge is 2.55. The van der Waals surface area contributed by atoms with Crippen molar-refractivity contribution in [3.63, 3.8) is 0 Å². The van der Waals surface area contributed by atoms with E-state index in [-0.39, 0.29) is 21.7 Å². The van der Waals surface area contributed by atoms with Crippen LogP contribution >= 0.6 is 0 Å². The summed E-state index contributed by atoms with van der Waals surface area (Å²) in [6, 6.07) is 0. The minimum Gasteiger partial charge on any atom is -0.0769 e. The molecule has 0 saturated heterocycles. The summed E-state index contributed by atoms with van der Waals surface area (Å²) >= 11 is 0. The lowest BCUT2D eigenvalue weighted by Crippen LogP contribution is -2.53. The Morgan fingerprint density at radius 2 is 1.00 bits per heavy atom. The second-order valence-corrected chi connectivity index (χ2v) is 9.38. The maximum absolute atomic E-state index is 2.47. The first-order chi connectivity index (χ1) is 8.55. The Morgan fingerprint density at radius 3 is 1.25 bits per heavy atom. The highest BCUT2D eigenvalue weighted by atomic mass is 14.6. The molecule has 0 aliphatic heterocycles. The number of hydrogen-bond donors (Lipinski definition) is 0. The summed E-state index contributed by atoms with van der Waals surface area (Å²) in [5, 5.41) is 0. The molecule has 0 heteroatoms. The summed E-state index contributed by atoms with van der Waals surface area (Å²) in [5.74, 6) is 0.666. The average Bonchev–Trinajstić information content (AvgIpc) is 2.26. The molecule has 0 atom stereocenters. The van der Waals surface area contributed by atoms with E-state index in [0.29, 0.717) is 5.92 Å². The van der Waals surface area contributed by atoms with E-state index < -0.39 is 0 Å². The van der Waals surface area contributed by atoms with Crippen LogP contribution in [0.25, 0.3) is 0 Å². The molecule has 0 aliphatic rings. The topological polar surface area (TPSA) is 0 Å². The highest BCUT2D eigenvalue weighted by molar-refractivity contribution is 5.21. The molecule has 0 heterocycles. The molecule has 0 bridgehead atoms. The average molecular weight is 281 g/mol. The third-order valence-electron chi connectivity index (χ3n) is 7.87. The van der Waals surface area contributed by atoms with Gasteiger partial charge in [-0.15, -0.1) is 0 Å². The van der Waals surface area contributed by atoms with Crippen molar-refractivity contribution < 1.29 is 0 Å². The van der Waals surface area contributed by atoms with Crippen molar-refractivity contribution >= 4 is 0 Å². The van der Waals surface area contributed by atoms with Crippen molar-refractivity contribution in [2.75, 3.05) is 0 Å². The fourth-order valence-corrected chi connectivity index (χ4v) is 3.40. The predicted molar refractivity (Wildman–Crippen MR) is 94.0 cm³/mol. The van der Waals surface area contributed by atoms with Crippen LogP contribution in [0.2, 0.25) is 0 Å². The molecule has 0 aromatic carbocycles.